The molecule has 4 rings (SSSR count). The Hall–Kier alpha value is -2.31. The molecule has 1 aliphatic heterocycles. The lowest BCUT2D eigenvalue weighted by Crippen LogP contribution is -2.38. The molecule has 2 atom stereocenters. The number of rotatable bonds is 5. The molecule has 6 heteroatoms. The summed E-state index contributed by atoms with van der Waals surface area (Å²) in [5.74, 6) is -0.284. The second kappa shape index (κ2) is 7.74. The third kappa shape index (κ3) is 4.01. The van der Waals surface area contributed by atoms with E-state index in [-0.39, 0.29) is 23.8 Å². The van der Waals surface area contributed by atoms with E-state index in [1.165, 1.54) is 16.8 Å². The summed E-state index contributed by atoms with van der Waals surface area (Å²) >= 11 is 1.72. The number of hydrogen-bond acceptors (Lipinski definition) is 4. The Labute approximate surface area is 162 Å². The first kappa shape index (κ1) is 18.1. The molecule has 27 heavy (non-hydrogen) atoms. The molecule has 2 heterocycles. The van der Waals surface area contributed by atoms with Gasteiger partial charge in [0.15, 0.2) is 0 Å². The Balaban J connectivity index is 1.41. The number of likely N-dealkylation sites (tertiary alicyclic amines) is 1. The van der Waals surface area contributed by atoms with Crippen molar-refractivity contribution in [2.24, 2.45) is 0 Å². The Morgan fingerprint density at radius 2 is 2.07 bits per heavy atom. The molecule has 4 nitrogen and oxygen atoms in total. The van der Waals surface area contributed by atoms with Crippen molar-refractivity contribution in [1.82, 2.24) is 15.2 Å². The Morgan fingerprint density at radius 3 is 2.85 bits per heavy atom. The number of benzene rings is 2. The van der Waals surface area contributed by atoms with Gasteiger partial charge < -0.3 is 5.32 Å². The summed E-state index contributed by atoms with van der Waals surface area (Å²) in [4.78, 5) is 19.5. The van der Waals surface area contributed by atoms with Gasteiger partial charge in [0, 0.05) is 0 Å². The minimum atomic E-state index is -0.270. The molecule has 0 aliphatic carbocycles. The normalized spacial score (nSPS) is 18.7. The van der Waals surface area contributed by atoms with Gasteiger partial charge in [0.05, 0.1) is 28.8 Å². The predicted octanol–water partition coefficient (Wildman–Crippen LogP) is 4.45. The van der Waals surface area contributed by atoms with Crippen LogP contribution in [0, 0.1) is 5.82 Å². The van der Waals surface area contributed by atoms with E-state index >= 15 is 0 Å². The van der Waals surface area contributed by atoms with Crippen LogP contribution >= 0.6 is 11.3 Å². The molecule has 1 amide bonds. The number of hydrogen-bond donors (Lipinski definition) is 1. The van der Waals surface area contributed by atoms with Crippen molar-refractivity contribution >= 4 is 27.5 Å². The predicted molar refractivity (Wildman–Crippen MR) is 106 cm³/mol. The van der Waals surface area contributed by atoms with Gasteiger partial charge in [0.25, 0.3) is 0 Å². The van der Waals surface area contributed by atoms with Crippen LogP contribution in [0.4, 0.5) is 4.39 Å². The SMILES string of the molecule is CC(NC(=O)CN1CCCC1c1nc2ccccc2s1)c1ccc(F)cc1. The molecule has 1 aromatic heterocycles. The topological polar surface area (TPSA) is 45.2 Å². The van der Waals surface area contributed by atoms with Gasteiger partial charge in [-0.3, -0.25) is 9.69 Å². The highest BCUT2D eigenvalue weighted by molar-refractivity contribution is 7.18. The number of para-hydroxylation sites is 1. The van der Waals surface area contributed by atoms with E-state index in [1.807, 2.05) is 25.1 Å². The summed E-state index contributed by atoms with van der Waals surface area (Å²) in [6, 6.07) is 14.5. The zero-order valence-corrected chi connectivity index (χ0v) is 16.0. The van der Waals surface area contributed by atoms with Crippen LogP contribution in [-0.2, 0) is 4.79 Å². The smallest absolute Gasteiger partial charge is 0.234 e. The van der Waals surface area contributed by atoms with Gasteiger partial charge >= 0.3 is 0 Å². The zero-order valence-electron chi connectivity index (χ0n) is 15.2. The van der Waals surface area contributed by atoms with Gasteiger partial charge in [0.1, 0.15) is 10.8 Å². The molecule has 1 fully saturated rings. The highest BCUT2D eigenvalue weighted by Crippen LogP contribution is 2.36. The molecule has 1 saturated heterocycles. The number of halogens is 1. The van der Waals surface area contributed by atoms with E-state index in [1.54, 1.807) is 23.5 Å². The first-order valence-corrected chi connectivity index (χ1v) is 10.1. The first-order chi connectivity index (χ1) is 13.1. The summed E-state index contributed by atoms with van der Waals surface area (Å²) < 4.78 is 14.3. The maximum absolute atomic E-state index is 13.1. The maximum Gasteiger partial charge on any atom is 0.234 e. The van der Waals surface area contributed by atoms with Crippen LogP contribution in [-0.4, -0.2) is 28.9 Å². The number of nitrogens with one attached hydrogen (secondary N) is 1. The molecule has 0 spiro atoms. The molecular formula is C21H22FN3OS. The maximum atomic E-state index is 13.1. The van der Waals surface area contributed by atoms with Crippen molar-refractivity contribution in [3.05, 3.63) is 64.9 Å². The molecule has 140 valence electrons. The van der Waals surface area contributed by atoms with Crippen LogP contribution in [0.2, 0.25) is 0 Å². The van der Waals surface area contributed by atoms with Crippen LogP contribution < -0.4 is 5.32 Å². The van der Waals surface area contributed by atoms with E-state index in [2.05, 4.69) is 16.3 Å². The molecular weight excluding hydrogens is 361 g/mol. The third-order valence-electron chi connectivity index (χ3n) is 5.05. The largest absolute Gasteiger partial charge is 0.348 e. The highest BCUT2D eigenvalue weighted by atomic mass is 32.1. The second-order valence-electron chi connectivity index (χ2n) is 6.99. The molecule has 0 bridgehead atoms. The average Bonchev–Trinajstić information content (AvgIpc) is 3.28. The minimum Gasteiger partial charge on any atom is -0.348 e. The van der Waals surface area contributed by atoms with E-state index < -0.39 is 0 Å². The van der Waals surface area contributed by atoms with Crippen LogP contribution in [0.25, 0.3) is 10.2 Å². The van der Waals surface area contributed by atoms with E-state index in [0.29, 0.717) is 6.54 Å². The number of carbonyl (C=O) groups excluding carboxylic acids is 1. The number of fused-ring (bicyclic) bond motifs is 1. The molecule has 3 aromatic rings. The van der Waals surface area contributed by atoms with E-state index in [9.17, 15) is 9.18 Å². The fraction of sp³-hybridized carbons (Fsp3) is 0.333. The van der Waals surface area contributed by atoms with E-state index in [0.717, 1.165) is 35.5 Å². The average molecular weight is 383 g/mol. The number of amides is 1. The third-order valence-corrected chi connectivity index (χ3v) is 6.19. The van der Waals surface area contributed by atoms with Gasteiger partial charge in [0.2, 0.25) is 5.91 Å². The first-order valence-electron chi connectivity index (χ1n) is 9.24. The fourth-order valence-electron chi connectivity index (χ4n) is 3.63. The Morgan fingerprint density at radius 1 is 1.30 bits per heavy atom. The van der Waals surface area contributed by atoms with Crippen molar-refractivity contribution in [2.75, 3.05) is 13.1 Å². The van der Waals surface area contributed by atoms with Gasteiger partial charge in [-0.25, -0.2) is 9.37 Å². The molecule has 2 aromatic carbocycles. The lowest BCUT2D eigenvalue weighted by atomic mass is 10.1. The van der Waals surface area contributed by atoms with Gasteiger partial charge in [-0.15, -0.1) is 11.3 Å². The second-order valence-corrected chi connectivity index (χ2v) is 8.05. The molecule has 2 unspecified atom stereocenters. The molecule has 1 N–H and O–H groups in total. The zero-order chi connectivity index (χ0) is 18.8. The Bertz CT molecular complexity index is 907. The van der Waals surface area contributed by atoms with Crippen molar-refractivity contribution < 1.29 is 9.18 Å². The number of aromatic nitrogens is 1. The standard InChI is InChI=1S/C21H22FN3OS/c1-14(15-8-10-16(22)11-9-15)23-20(26)13-25-12-4-6-18(25)21-24-17-5-2-3-7-19(17)27-21/h2-3,5,7-11,14,18H,4,6,12-13H2,1H3,(H,23,26). The summed E-state index contributed by atoms with van der Waals surface area (Å²) in [7, 11) is 0. The minimum absolute atomic E-state index is 0.0140. The van der Waals surface area contributed by atoms with Crippen molar-refractivity contribution in [1.29, 1.82) is 0 Å². The van der Waals surface area contributed by atoms with Crippen LogP contribution in [0.5, 0.6) is 0 Å². The van der Waals surface area contributed by atoms with Gasteiger partial charge in [-0.1, -0.05) is 24.3 Å². The highest BCUT2D eigenvalue weighted by Gasteiger charge is 2.30. The summed E-state index contributed by atoms with van der Waals surface area (Å²) in [5, 5.41) is 4.11. The molecule has 0 radical (unpaired) electrons. The summed E-state index contributed by atoms with van der Waals surface area (Å²) in [6.45, 7) is 3.17. The van der Waals surface area contributed by atoms with Gasteiger partial charge in [-0.2, -0.15) is 0 Å². The summed E-state index contributed by atoms with van der Waals surface area (Å²) in [6.07, 6.45) is 2.10. The molecule has 0 saturated carbocycles. The Kier molecular flexibility index (Phi) is 5.18. The lowest BCUT2D eigenvalue weighted by molar-refractivity contribution is -0.123. The van der Waals surface area contributed by atoms with Crippen molar-refractivity contribution in [2.45, 2.75) is 31.8 Å². The number of thiazole rings is 1. The monoisotopic (exact) mass is 383 g/mol. The fourth-order valence-corrected chi connectivity index (χ4v) is 4.77. The number of carbonyl (C=O) groups is 1. The number of nitrogens with zero attached hydrogens (tertiary/aromatic N) is 2. The van der Waals surface area contributed by atoms with Crippen LogP contribution in [0.3, 0.4) is 0 Å². The van der Waals surface area contributed by atoms with Gasteiger partial charge in [-0.05, 0) is 56.1 Å². The molecule has 1 aliphatic rings. The van der Waals surface area contributed by atoms with Crippen molar-refractivity contribution in [3.8, 4) is 0 Å². The van der Waals surface area contributed by atoms with E-state index in [4.69, 9.17) is 4.98 Å². The van der Waals surface area contributed by atoms with Crippen molar-refractivity contribution in [3.63, 3.8) is 0 Å². The van der Waals surface area contributed by atoms with Crippen LogP contribution in [0.15, 0.2) is 48.5 Å². The van der Waals surface area contributed by atoms with Crippen LogP contribution in [0.1, 0.15) is 42.4 Å². The lowest BCUT2D eigenvalue weighted by Gasteiger charge is -2.23. The quantitative estimate of drug-likeness (QED) is 0.708. The summed E-state index contributed by atoms with van der Waals surface area (Å²) in [5.41, 5.74) is 1.92.